The van der Waals surface area contributed by atoms with E-state index in [4.69, 9.17) is 16.3 Å². The fraction of sp³-hybridized carbons (Fsp3) is 0.214. The summed E-state index contributed by atoms with van der Waals surface area (Å²) in [6.07, 6.45) is 1.46. The smallest absolute Gasteiger partial charge is 0.356 e. The van der Waals surface area contributed by atoms with Gasteiger partial charge >= 0.3 is 5.97 Å². The maximum atomic E-state index is 11.7. The van der Waals surface area contributed by atoms with Crippen LogP contribution < -0.4 is 16.2 Å². The van der Waals surface area contributed by atoms with Crippen LogP contribution in [0.4, 0.5) is 5.69 Å². The maximum Gasteiger partial charge on any atom is 0.356 e. The van der Waals surface area contributed by atoms with Crippen molar-refractivity contribution in [3.63, 3.8) is 0 Å². The molecular weight excluding hydrogens is 310 g/mol. The van der Waals surface area contributed by atoms with Gasteiger partial charge in [0.05, 0.1) is 0 Å². The van der Waals surface area contributed by atoms with Crippen LogP contribution in [-0.2, 0) is 19.1 Å². The zero-order valence-corrected chi connectivity index (χ0v) is 12.5. The van der Waals surface area contributed by atoms with Crippen LogP contribution in [0.5, 0.6) is 0 Å². The van der Waals surface area contributed by atoms with E-state index in [2.05, 4.69) is 16.2 Å². The van der Waals surface area contributed by atoms with E-state index in [9.17, 15) is 14.4 Å². The van der Waals surface area contributed by atoms with Crippen LogP contribution in [0.3, 0.4) is 0 Å². The average molecular weight is 324 g/mol. The van der Waals surface area contributed by atoms with Crippen LogP contribution in [0.1, 0.15) is 12.0 Å². The molecule has 116 valence electrons. The van der Waals surface area contributed by atoms with E-state index in [1.807, 2.05) is 6.92 Å². The molecule has 0 atom stereocenters. The second kappa shape index (κ2) is 6.95. The number of hydrazine groups is 1. The van der Waals surface area contributed by atoms with Crippen molar-refractivity contribution in [1.82, 2.24) is 10.9 Å². The van der Waals surface area contributed by atoms with Crippen LogP contribution in [0.2, 0.25) is 5.02 Å². The molecule has 1 aromatic carbocycles. The fourth-order valence-corrected chi connectivity index (χ4v) is 1.83. The van der Waals surface area contributed by atoms with Crippen LogP contribution in [0.15, 0.2) is 30.0 Å². The van der Waals surface area contributed by atoms with E-state index in [0.717, 1.165) is 5.56 Å². The van der Waals surface area contributed by atoms with Gasteiger partial charge < -0.3 is 10.1 Å². The monoisotopic (exact) mass is 323 g/mol. The van der Waals surface area contributed by atoms with Gasteiger partial charge in [-0.05, 0) is 30.7 Å². The Morgan fingerprint density at radius 1 is 1.36 bits per heavy atom. The van der Waals surface area contributed by atoms with Crippen LogP contribution in [-0.4, -0.2) is 24.4 Å². The molecular formula is C14H14ClN3O4. The Balaban J connectivity index is 1.83. The Bertz CT molecular complexity index is 657. The molecule has 2 rings (SSSR count). The molecule has 2 amide bonds. The first-order valence-corrected chi connectivity index (χ1v) is 6.81. The van der Waals surface area contributed by atoms with Gasteiger partial charge in [-0.1, -0.05) is 17.7 Å². The summed E-state index contributed by atoms with van der Waals surface area (Å²) in [6.45, 7) is 1.40. The van der Waals surface area contributed by atoms with Crippen molar-refractivity contribution < 1.29 is 19.1 Å². The number of hydrogen-bond donors (Lipinski definition) is 3. The van der Waals surface area contributed by atoms with Gasteiger partial charge in [0.15, 0.2) is 6.61 Å². The standard InChI is InChI=1S/C14H14ClN3O4/c1-8-2-3-9(6-10(8)15)16-13(20)7-22-14(21)11-4-5-12(19)18-17-11/h2-4,6,17H,5,7H2,1H3,(H,16,20)(H,18,19). The van der Waals surface area contributed by atoms with Crippen molar-refractivity contribution in [3.8, 4) is 0 Å². The third kappa shape index (κ3) is 4.23. The van der Waals surface area contributed by atoms with Crippen LogP contribution in [0.25, 0.3) is 0 Å². The first kappa shape index (κ1) is 15.8. The average Bonchev–Trinajstić information content (AvgIpc) is 2.49. The minimum Gasteiger partial charge on any atom is -0.451 e. The highest BCUT2D eigenvalue weighted by Crippen LogP contribution is 2.19. The predicted octanol–water partition coefficient (Wildman–Crippen LogP) is 1.04. The zero-order valence-electron chi connectivity index (χ0n) is 11.7. The number of carbonyl (C=O) groups excluding carboxylic acids is 3. The highest BCUT2D eigenvalue weighted by molar-refractivity contribution is 6.31. The van der Waals surface area contributed by atoms with E-state index in [-0.39, 0.29) is 18.0 Å². The molecule has 22 heavy (non-hydrogen) atoms. The second-order valence-electron chi connectivity index (χ2n) is 4.58. The number of amides is 2. The van der Waals surface area contributed by atoms with Gasteiger partial charge in [0, 0.05) is 17.1 Å². The quantitative estimate of drug-likeness (QED) is 0.719. The van der Waals surface area contributed by atoms with E-state index >= 15 is 0 Å². The van der Waals surface area contributed by atoms with E-state index in [1.54, 1.807) is 18.2 Å². The third-order valence-corrected chi connectivity index (χ3v) is 3.25. The first-order valence-electron chi connectivity index (χ1n) is 6.44. The van der Waals surface area contributed by atoms with Gasteiger partial charge in [-0.2, -0.15) is 0 Å². The number of anilines is 1. The summed E-state index contributed by atoms with van der Waals surface area (Å²) in [5, 5.41) is 3.09. The van der Waals surface area contributed by atoms with E-state index in [1.165, 1.54) is 6.08 Å². The molecule has 0 aliphatic carbocycles. The third-order valence-electron chi connectivity index (χ3n) is 2.84. The highest BCUT2D eigenvalue weighted by Gasteiger charge is 2.17. The summed E-state index contributed by atoms with van der Waals surface area (Å²) in [5.41, 5.74) is 6.17. The van der Waals surface area contributed by atoms with Crippen molar-refractivity contribution in [2.24, 2.45) is 0 Å². The van der Waals surface area contributed by atoms with E-state index in [0.29, 0.717) is 10.7 Å². The minimum atomic E-state index is -0.725. The number of rotatable bonds is 4. The van der Waals surface area contributed by atoms with Crippen molar-refractivity contribution in [3.05, 3.63) is 40.6 Å². The van der Waals surface area contributed by atoms with Crippen molar-refractivity contribution >= 4 is 35.1 Å². The van der Waals surface area contributed by atoms with Crippen molar-refractivity contribution in [2.75, 3.05) is 11.9 Å². The Morgan fingerprint density at radius 2 is 2.14 bits per heavy atom. The summed E-state index contributed by atoms with van der Waals surface area (Å²) in [6, 6.07) is 5.07. The number of benzene rings is 1. The molecule has 0 bridgehead atoms. The summed E-state index contributed by atoms with van der Waals surface area (Å²) in [4.78, 5) is 34.3. The lowest BCUT2D eigenvalue weighted by Gasteiger charge is -2.15. The van der Waals surface area contributed by atoms with Gasteiger partial charge in [-0.25, -0.2) is 4.79 Å². The molecule has 7 nitrogen and oxygen atoms in total. The lowest BCUT2D eigenvalue weighted by Crippen LogP contribution is -2.42. The molecule has 0 unspecified atom stereocenters. The number of hydrogen-bond acceptors (Lipinski definition) is 5. The number of aryl methyl sites for hydroxylation is 1. The van der Waals surface area contributed by atoms with Gasteiger partial charge in [0.25, 0.3) is 5.91 Å². The van der Waals surface area contributed by atoms with Crippen LogP contribution in [0, 0.1) is 6.92 Å². The van der Waals surface area contributed by atoms with Crippen LogP contribution >= 0.6 is 11.6 Å². The number of halogens is 1. The molecule has 3 N–H and O–H groups in total. The SMILES string of the molecule is Cc1ccc(NC(=O)COC(=O)C2=CCC(=O)NN2)cc1Cl. The normalized spacial score (nSPS) is 13.5. The maximum absolute atomic E-state index is 11.7. The molecule has 1 aliphatic heterocycles. The number of esters is 1. The lowest BCUT2D eigenvalue weighted by molar-refractivity contribution is -0.144. The molecule has 1 heterocycles. The number of carbonyl (C=O) groups is 3. The first-order chi connectivity index (χ1) is 10.5. The van der Waals surface area contributed by atoms with Gasteiger partial charge in [0.2, 0.25) is 5.91 Å². The zero-order chi connectivity index (χ0) is 16.1. The van der Waals surface area contributed by atoms with Crippen molar-refractivity contribution in [2.45, 2.75) is 13.3 Å². The number of nitrogens with one attached hydrogen (secondary N) is 3. The Hall–Kier alpha value is -2.54. The summed E-state index contributed by atoms with van der Waals surface area (Å²) in [5.74, 6) is -1.48. The van der Waals surface area contributed by atoms with E-state index < -0.39 is 18.5 Å². The highest BCUT2D eigenvalue weighted by atomic mass is 35.5. The summed E-state index contributed by atoms with van der Waals surface area (Å²) >= 11 is 5.95. The summed E-state index contributed by atoms with van der Waals surface area (Å²) < 4.78 is 4.84. The molecule has 1 aliphatic rings. The Morgan fingerprint density at radius 3 is 2.77 bits per heavy atom. The topological polar surface area (TPSA) is 96.5 Å². The Kier molecular flexibility index (Phi) is 5.00. The molecule has 0 radical (unpaired) electrons. The fourth-order valence-electron chi connectivity index (χ4n) is 1.64. The Labute approximate surface area is 131 Å². The molecule has 0 fully saturated rings. The molecule has 0 saturated carbocycles. The van der Waals surface area contributed by atoms with Gasteiger partial charge in [0.1, 0.15) is 5.70 Å². The van der Waals surface area contributed by atoms with Gasteiger partial charge in [-0.3, -0.25) is 20.4 Å². The lowest BCUT2D eigenvalue weighted by atomic mass is 10.2. The van der Waals surface area contributed by atoms with Gasteiger partial charge in [-0.15, -0.1) is 0 Å². The minimum absolute atomic E-state index is 0.0749. The second-order valence-corrected chi connectivity index (χ2v) is 4.99. The predicted molar refractivity (Wildman–Crippen MR) is 79.8 cm³/mol. The molecule has 8 heteroatoms. The molecule has 1 aromatic rings. The molecule has 0 spiro atoms. The molecule has 0 saturated heterocycles. The summed E-state index contributed by atoms with van der Waals surface area (Å²) in [7, 11) is 0. The largest absolute Gasteiger partial charge is 0.451 e. The number of ether oxygens (including phenoxy) is 1. The molecule has 0 aromatic heterocycles. The van der Waals surface area contributed by atoms with Crippen molar-refractivity contribution in [1.29, 1.82) is 0 Å².